The second-order valence-corrected chi connectivity index (χ2v) is 2.20. The minimum Gasteiger partial charge on any atom is -0.272 e. The van der Waals surface area contributed by atoms with Crippen LogP contribution in [-0.4, -0.2) is 11.7 Å². The summed E-state index contributed by atoms with van der Waals surface area (Å²) in [7, 11) is 0. The lowest BCUT2D eigenvalue weighted by molar-refractivity contribution is 1.23. The molecule has 0 saturated carbocycles. The molecule has 1 rings (SSSR count). The summed E-state index contributed by atoms with van der Waals surface area (Å²) < 4.78 is 0. The van der Waals surface area contributed by atoms with Crippen LogP contribution >= 0.6 is 0 Å². The van der Waals surface area contributed by atoms with Crippen LogP contribution in [0.5, 0.6) is 0 Å². The zero-order valence-electron chi connectivity index (χ0n) is 6.49. The highest BCUT2D eigenvalue weighted by Gasteiger charge is 1.90. The number of aromatic nitrogens is 1. The predicted molar refractivity (Wildman–Crippen MR) is 47.6 cm³/mol. The summed E-state index contributed by atoms with van der Waals surface area (Å²) in [6.07, 6.45) is 5.23. The Balaban J connectivity index is 2.94. The normalized spacial score (nSPS) is 10.3. The number of aliphatic imine (C=N–C) groups is 1. The highest BCUT2D eigenvalue weighted by Crippen LogP contribution is 2.04. The molecule has 2 heteroatoms. The van der Waals surface area contributed by atoms with Crippen molar-refractivity contribution in [3.63, 3.8) is 0 Å². The van der Waals surface area contributed by atoms with E-state index in [0.717, 1.165) is 11.3 Å². The Hall–Kier alpha value is -1.44. The fraction of sp³-hybridized carbons (Fsp3) is 0.111. The second kappa shape index (κ2) is 3.66. The molecular formula is C9H10N2. The van der Waals surface area contributed by atoms with Gasteiger partial charge >= 0.3 is 0 Å². The molecule has 11 heavy (non-hydrogen) atoms. The van der Waals surface area contributed by atoms with Crippen LogP contribution in [0.4, 0.5) is 0 Å². The zero-order valence-corrected chi connectivity index (χ0v) is 6.49. The molecule has 0 bridgehead atoms. The van der Waals surface area contributed by atoms with Crippen LogP contribution < -0.4 is 0 Å². The molecular weight excluding hydrogens is 136 g/mol. The first-order valence-corrected chi connectivity index (χ1v) is 3.38. The van der Waals surface area contributed by atoms with Gasteiger partial charge < -0.3 is 0 Å². The molecule has 0 aliphatic heterocycles. The number of hydrogen-bond acceptors (Lipinski definition) is 2. The van der Waals surface area contributed by atoms with Gasteiger partial charge in [-0.1, -0.05) is 6.07 Å². The molecule has 1 heterocycles. The van der Waals surface area contributed by atoms with Gasteiger partial charge in [-0.3, -0.25) is 9.98 Å². The Kier molecular flexibility index (Phi) is 2.55. The van der Waals surface area contributed by atoms with Crippen molar-refractivity contribution >= 4 is 12.8 Å². The Labute approximate surface area is 66.3 Å². The van der Waals surface area contributed by atoms with Gasteiger partial charge in [0.15, 0.2) is 0 Å². The van der Waals surface area contributed by atoms with Crippen LogP contribution in [-0.2, 0) is 0 Å². The van der Waals surface area contributed by atoms with E-state index in [0.29, 0.717) is 0 Å². The van der Waals surface area contributed by atoms with Crippen LogP contribution in [0.2, 0.25) is 0 Å². The average molecular weight is 146 g/mol. The van der Waals surface area contributed by atoms with E-state index >= 15 is 0 Å². The summed E-state index contributed by atoms with van der Waals surface area (Å²) in [6.45, 7) is 5.35. The number of aryl methyl sites for hydroxylation is 1. The van der Waals surface area contributed by atoms with Crippen molar-refractivity contribution in [2.75, 3.05) is 0 Å². The standard InChI is InChI=1S/C9H10N2/c1-8-4-3-6-11-9(8)5-7-10-2/h3-7H,2H2,1H3. The van der Waals surface area contributed by atoms with Crippen molar-refractivity contribution in [2.45, 2.75) is 6.92 Å². The minimum absolute atomic E-state index is 0.944. The zero-order chi connectivity index (χ0) is 8.10. The molecule has 0 atom stereocenters. The van der Waals surface area contributed by atoms with Gasteiger partial charge in [0.25, 0.3) is 0 Å². The smallest absolute Gasteiger partial charge is 0.0674 e. The molecule has 0 aliphatic rings. The van der Waals surface area contributed by atoms with E-state index < -0.39 is 0 Å². The van der Waals surface area contributed by atoms with Crippen molar-refractivity contribution in [3.05, 3.63) is 35.8 Å². The summed E-state index contributed by atoms with van der Waals surface area (Å²) in [5.74, 6) is 0. The van der Waals surface area contributed by atoms with Crippen molar-refractivity contribution in [1.29, 1.82) is 0 Å². The lowest BCUT2D eigenvalue weighted by atomic mass is 10.2. The summed E-state index contributed by atoms with van der Waals surface area (Å²) in [5.41, 5.74) is 2.09. The molecule has 0 aromatic carbocycles. The molecule has 0 unspecified atom stereocenters. The molecule has 0 fully saturated rings. The van der Waals surface area contributed by atoms with Gasteiger partial charge in [-0.25, -0.2) is 0 Å². The molecule has 0 radical (unpaired) electrons. The highest BCUT2D eigenvalue weighted by molar-refractivity contribution is 5.49. The van der Waals surface area contributed by atoms with E-state index in [1.165, 1.54) is 0 Å². The van der Waals surface area contributed by atoms with E-state index in [2.05, 4.69) is 16.7 Å². The summed E-state index contributed by atoms with van der Waals surface area (Å²) in [4.78, 5) is 7.74. The third-order valence-corrected chi connectivity index (χ3v) is 1.39. The third-order valence-electron chi connectivity index (χ3n) is 1.39. The number of nitrogens with zero attached hydrogens (tertiary/aromatic N) is 2. The number of pyridine rings is 1. The highest BCUT2D eigenvalue weighted by atomic mass is 14.7. The molecule has 1 aromatic rings. The summed E-state index contributed by atoms with van der Waals surface area (Å²) >= 11 is 0. The lowest BCUT2D eigenvalue weighted by Gasteiger charge is -1.94. The van der Waals surface area contributed by atoms with Crippen molar-refractivity contribution in [1.82, 2.24) is 4.98 Å². The lowest BCUT2D eigenvalue weighted by Crippen LogP contribution is -1.83. The van der Waals surface area contributed by atoms with Gasteiger partial charge in [0.05, 0.1) is 5.69 Å². The van der Waals surface area contributed by atoms with Gasteiger partial charge in [-0.05, 0) is 31.3 Å². The third kappa shape index (κ3) is 2.00. The van der Waals surface area contributed by atoms with Crippen LogP contribution in [0, 0.1) is 6.92 Å². The molecule has 0 saturated heterocycles. The van der Waals surface area contributed by atoms with E-state index in [1.807, 2.05) is 25.1 Å². The van der Waals surface area contributed by atoms with Crippen LogP contribution in [0.1, 0.15) is 11.3 Å². The monoisotopic (exact) mass is 146 g/mol. The van der Waals surface area contributed by atoms with E-state index in [-0.39, 0.29) is 0 Å². The quantitative estimate of drug-likeness (QED) is 0.586. The van der Waals surface area contributed by atoms with Crippen LogP contribution in [0.15, 0.2) is 29.5 Å². The SMILES string of the molecule is C=NC=Cc1ncccc1C. The Bertz CT molecular complexity index is 277. The summed E-state index contributed by atoms with van der Waals surface area (Å²) in [5, 5.41) is 0. The van der Waals surface area contributed by atoms with Crippen molar-refractivity contribution < 1.29 is 0 Å². The van der Waals surface area contributed by atoms with E-state index in [1.54, 1.807) is 12.4 Å². The van der Waals surface area contributed by atoms with Gasteiger partial charge in [-0.2, -0.15) is 0 Å². The Morgan fingerprint density at radius 2 is 2.45 bits per heavy atom. The maximum absolute atomic E-state index is 4.14. The molecule has 1 aromatic heterocycles. The van der Waals surface area contributed by atoms with Crippen LogP contribution in [0.3, 0.4) is 0 Å². The Morgan fingerprint density at radius 1 is 1.64 bits per heavy atom. The maximum Gasteiger partial charge on any atom is 0.0674 e. The molecule has 56 valence electrons. The number of hydrogen-bond donors (Lipinski definition) is 0. The first-order valence-electron chi connectivity index (χ1n) is 3.38. The fourth-order valence-corrected chi connectivity index (χ4v) is 0.796. The average Bonchev–Trinajstić information content (AvgIpc) is 2.03. The molecule has 0 spiro atoms. The first-order chi connectivity index (χ1) is 5.34. The topological polar surface area (TPSA) is 25.2 Å². The first kappa shape index (κ1) is 7.66. The van der Waals surface area contributed by atoms with E-state index in [4.69, 9.17) is 0 Å². The number of rotatable bonds is 2. The van der Waals surface area contributed by atoms with Gasteiger partial charge in [0, 0.05) is 12.4 Å². The summed E-state index contributed by atoms with van der Waals surface area (Å²) in [6, 6.07) is 3.92. The molecule has 2 nitrogen and oxygen atoms in total. The van der Waals surface area contributed by atoms with Crippen molar-refractivity contribution in [3.8, 4) is 0 Å². The van der Waals surface area contributed by atoms with E-state index in [9.17, 15) is 0 Å². The van der Waals surface area contributed by atoms with Gasteiger partial charge in [-0.15, -0.1) is 0 Å². The fourth-order valence-electron chi connectivity index (χ4n) is 0.796. The van der Waals surface area contributed by atoms with Crippen molar-refractivity contribution in [2.24, 2.45) is 4.99 Å². The molecule has 0 aliphatic carbocycles. The largest absolute Gasteiger partial charge is 0.272 e. The second-order valence-electron chi connectivity index (χ2n) is 2.20. The van der Waals surface area contributed by atoms with Gasteiger partial charge in [0.2, 0.25) is 0 Å². The Morgan fingerprint density at radius 3 is 3.09 bits per heavy atom. The van der Waals surface area contributed by atoms with Gasteiger partial charge in [0.1, 0.15) is 0 Å². The molecule has 0 amide bonds. The van der Waals surface area contributed by atoms with Crippen LogP contribution in [0.25, 0.3) is 6.08 Å². The molecule has 0 N–H and O–H groups in total. The maximum atomic E-state index is 4.14. The minimum atomic E-state index is 0.944. The predicted octanol–water partition coefficient (Wildman–Crippen LogP) is 2.06.